The van der Waals surface area contributed by atoms with Crippen LogP contribution in [0.15, 0.2) is 71.5 Å². The Balaban J connectivity index is 1.90. The number of benzene rings is 3. The molecule has 0 aliphatic heterocycles. The number of fused-ring (bicyclic) bond motifs is 3. The maximum atomic E-state index is 5.59. The molecule has 0 radical (unpaired) electrons. The topological polar surface area (TPSA) is 57.9 Å². The van der Waals surface area contributed by atoms with Gasteiger partial charge in [0, 0.05) is 15.6 Å². The Morgan fingerprint density at radius 3 is 2.16 bits per heavy atom. The highest BCUT2D eigenvalue weighted by molar-refractivity contribution is 9.10. The van der Waals surface area contributed by atoms with E-state index in [1.165, 1.54) is 0 Å². The average molecular weight is 490 g/mol. The van der Waals surface area contributed by atoms with Crippen LogP contribution in [0.4, 0.5) is 0 Å². The van der Waals surface area contributed by atoms with Crippen LogP contribution < -0.4 is 14.2 Å². The maximum absolute atomic E-state index is 5.59. The molecular weight excluding hydrogens is 470 g/mol. The smallest absolute Gasteiger partial charge is 0.203 e. The minimum absolute atomic E-state index is 0.538. The van der Waals surface area contributed by atoms with Crippen LogP contribution in [0.3, 0.4) is 0 Å². The highest BCUT2D eigenvalue weighted by atomic mass is 79.9. The van der Waals surface area contributed by atoms with Crippen molar-refractivity contribution in [1.29, 1.82) is 0 Å². The molecule has 3 aromatic carbocycles. The van der Waals surface area contributed by atoms with E-state index in [1.807, 2.05) is 67.0 Å². The number of halogens is 1. The molecule has 0 fully saturated rings. The van der Waals surface area contributed by atoms with E-state index in [4.69, 9.17) is 24.2 Å². The number of nitrogens with zero attached hydrogens (tertiary/aromatic N) is 3. The summed E-state index contributed by atoms with van der Waals surface area (Å²) in [5, 5.41) is 0. The molecule has 0 unspecified atom stereocenters. The fourth-order valence-electron chi connectivity index (χ4n) is 3.94. The van der Waals surface area contributed by atoms with Crippen LogP contribution in [0.1, 0.15) is 0 Å². The third-order valence-electron chi connectivity index (χ3n) is 5.41. The summed E-state index contributed by atoms with van der Waals surface area (Å²) in [6.45, 7) is 0. The van der Waals surface area contributed by atoms with Gasteiger partial charge in [-0.25, -0.2) is 9.97 Å². The lowest BCUT2D eigenvalue weighted by Gasteiger charge is -2.15. The van der Waals surface area contributed by atoms with Crippen molar-refractivity contribution in [3.63, 3.8) is 0 Å². The summed E-state index contributed by atoms with van der Waals surface area (Å²) in [5.41, 5.74) is 6.18. The van der Waals surface area contributed by atoms with Gasteiger partial charge >= 0.3 is 0 Å². The van der Waals surface area contributed by atoms with Gasteiger partial charge in [0.2, 0.25) is 5.75 Å². The van der Waals surface area contributed by atoms with Crippen molar-refractivity contribution in [3.8, 4) is 39.8 Å². The molecule has 0 aliphatic rings. The molecule has 0 saturated heterocycles. The Morgan fingerprint density at radius 2 is 1.50 bits per heavy atom. The summed E-state index contributed by atoms with van der Waals surface area (Å²) >= 11 is 3.58. The molecule has 0 saturated carbocycles. The van der Waals surface area contributed by atoms with Gasteiger partial charge in [-0.15, -0.1) is 0 Å². The number of hydrogen-bond donors (Lipinski definition) is 0. The van der Waals surface area contributed by atoms with Gasteiger partial charge in [-0.1, -0.05) is 46.3 Å². The molecule has 32 heavy (non-hydrogen) atoms. The first-order valence-electron chi connectivity index (χ1n) is 9.96. The minimum atomic E-state index is 0.538. The van der Waals surface area contributed by atoms with E-state index < -0.39 is 0 Å². The first kappa shape index (κ1) is 20.3. The highest BCUT2D eigenvalue weighted by Gasteiger charge is 2.21. The Morgan fingerprint density at radius 1 is 0.781 bits per heavy atom. The SMILES string of the molecule is COc1cc(-c2nc3ccc(Br)cc3n3cnc(-c4ccccc4)c23)cc(OC)c1OC. The van der Waals surface area contributed by atoms with Crippen molar-refractivity contribution in [2.24, 2.45) is 0 Å². The van der Waals surface area contributed by atoms with E-state index in [0.717, 1.165) is 43.5 Å². The maximum Gasteiger partial charge on any atom is 0.203 e. The largest absolute Gasteiger partial charge is 0.493 e. The number of methoxy groups -OCH3 is 3. The lowest BCUT2D eigenvalue weighted by molar-refractivity contribution is 0.324. The lowest BCUT2D eigenvalue weighted by atomic mass is 10.0. The summed E-state index contributed by atoms with van der Waals surface area (Å²) in [7, 11) is 4.81. The predicted molar refractivity (Wildman–Crippen MR) is 129 cm³/mol. The number of hydrogen-bond acceptors (Lipinski definition) is 5. The van der Waals surface area contributed by atoms with Crippen LogP contribution in [0, 0.1) is 0 Å². The third-order valence-corrected chi connectivity index (χ3v) is 5.90. The molecule has 6 nitrogen and oxygen atoms in total. The van der Waals surface area contributed by atoms with Gasteiger partial charge < -0.3 is 14.2 Å². The molecule has 0 amide bonds. The quantitative estimate of drug-likeness (QED) is 0.302. The van der Waals surface area contributed by atoms with Crippen LogP contribution >= 0.6 is 15.9 Å². The van der Waals surface area contributed by atoms with Gasteiger partial charge in [-0.2, -0.15) is 0 Å². The first-order chi connectivity index (χ1) is 15.6. The van der Waals surface area contributed by atoms with Gasteiger partial charge in [0.05, 0.1) is 49.3 Å². The van der Waals surface area contributed by atoms with E-state index in [1.54, 1.807) is 21.3 Å². The molecule has 160 valence electrons. The van der Waals surface area contributed by atoms with Gasteiger partial charge in [0.15, 0.2) is 11.5 Å². The van der Waals surface area contributed by atoms with Crippen molar-refractivity contribution in [1.82, 2.24) is 14.4 Å². The van der Waals surface area contributed by atoms with Crippen LogP contribution in [0.5, 0.6) is 17.2 Å². The predicted octanol–water partition coefficient (Wildman–Crippen LogP) is 6.00. The Labute approximate surface area is 193 Å². The molecule has 5 rings (SSSR count). The Bertz CT molecular complexity index is 1420. The molecule has 0 N–H and O–H groups in total. The van der Waals surface area contributed by atoms with Crippen LogP contribution in [0.2, 0.25) is 0 Å². The van der Waals surface area contributed by atoms with Crippen molar-refractivity contribution in [3.05, 3.63) is 71.5 Å². The van der Waals surface area contributed by atoms with E-state index in [2.05, 4.69) is 20.3 Å². The zero-order valence-corrected chi connectivity index (χ0v) is 19.4. The number of ether oxygens (including phenoxy) is 3. The van der Waals surface area contributed by atoms with E-state index >= 15 is 0 Å². The fourth-order valence-corrected chi connectivity index (χ4v) is 4.29. The molecule has 0 atom stereocenters. The summed E-state index contributed by atoms with van der Waals surface area (Å²) in [6.07, 6.45) is 1.84. The van der Waals surface area contributed by atoms with Gasteiger partial charge in [0.1, 0.15) is 6.33 Å². The summed E-state index contributed by atoms with van der Waals surface area (Å²) in [4.78, 5) is 9.82. The fraction of sp³-hybridized carbons (Fsp3) is 0.120. The third kappa shape index (κ3) is 3.26. The second-order valence-electron chi connectivity index (χ2n) is 7.19. The van der Waals surface area contributed by atoms with E-state index in [-0.39, 0.29) is 0 Å². The van der Waals surface area contributed by atoms with Crippen LogP contribution in [0.25, 0.3) is 39.1 Å². The molecule has 7 heteroatoms. The zero-order valence-electron chi connectivity index (χ0n) is 17.8. The summed E-state index contributed by atoms with van der Waals surface area (Å²) in [5.74, 6) is 1.67. The molecular formula is C25H20BrN3O3. The zero-order chi connectivity index (χ0) is 22.2. The van der Waals surface area contributed by atoms with Gasteiger partial charge in [0.25, 0.3) is 0 Å². The Hall–Kier alpha value is -3.58. The second kappa shape index (κ2) is 8.16. The normalized spacial score (nSPS) is 11.1. The van der Waals surface area contributed by atoms with Crippen molar-refractivity contribution in [2.45, 2.75) is 0 Å². The first-order valence-corrected chi connectivity index (χ1v) is 10.8. The van der Waals surface area contributed by atoms with Crippen LogP contribution in [-0.2, 0) is 0 Å². The summed E-state index contributed by atoms with van der Waals surface area (Å²) in [6, 6.07) is 19.9. The molecule has 0 spiro atoms. The molecule has 5 aromatic rings. The average Bonchev–Trinajstić information content (AvgIpc) is 3.28. The lowest BCUT2D eigenvalue weighted by Crippen LogP contribution is -1.99. The molecule has 2 aromatic heterocycles. The van der Waals surface area contributed by atoms with Crippen molar-refractivity contribution >= 4 is 32.5 Å². The molecule has 0 bridgehead atoms. The highest BCUT2D eigenvalue weighted by Crippen LogP contribution is 2.43. The molecule has 0 aliphatic carbocycles. The Kier molecular flexibility index (Phi) is 5.19. The standard InChI is InChI=1S/C25H20BrN3O3/c1-30-20-11-16(12-21(31-2)25(20)32-3)23-24-22(15-7-5-4-6-8-15)27-14-29(24)19-13-17(26)9-10-18(19)28-23/h4-14H,1-3H3. The van der Waals surface area contributed by atoms with Gasteiger partial charge in [-0.05, 0) is 30.3 Å². The van der Waals surface area contributed by atoms with Gasteiger partial charge in [-0.3, -0.25) is 4.40 Å². The number of aromatic nitrogens is 3. The van der Waals surface area contributed by atoms with Crippen LogP contribution in [-0.4, -0.2) is 35.7 Å². The van der Waals surface area contributed by atoms with Crippen molar-refractivity contribution < 1.29 is 14.2 Å². The van der Waals surface area contributed by atoms with Crippen molar-refractivity contribution in [2.75, 3.05) is 21.3 Å². The second-order valence-corrected chi connectivity index (χ2v) is 8.10. The van der Waals surface area contributed by atoms with E-state index in [9.17, 15) is 0 Å². The summed E-state index contributed by atoms with van der Waals surface area (Å²) < 4.78 is 19.7. The minimum Gasteiger partial charge on any atom is -0.493 e. The number of imidazole rings is 1. The monoisotopic (exact) mass is 489 g/mol. The number of rotatable bonds is 5. The molecule has 2 heterocycles. The van der Waals surface area contributed by atoms with E-state index in [0.29, 0.717) is 17.2 Å².